The van der Waals surface area contributed by atoms with Gasteiger partial charge in [0.1, 0.15) is 12.0 Å². The quantitative estimate of drug-likeness (QED) is 0.908. The van der Waals surface area contributed by atoms with E-state index < -0.39 is 18.3 Å². The Labute approximate surface area is 152 Å². The van der Waals surface area contributed by atoms with Gasteiger partial charge in [-0.3, -0.25) is 4.79 Å². The van der Waals surface area contributed by atoms with E-state index in [1.54, 1.807) is 32.0 Å². The highest BCUT2D eigenvalue weighted by atomic mass is 19.1. The molecule has 0 saturated carbocycles. The van der Waals surface area contributed by atoms with Crippen LogP contribution in [0, 0.1) is 11.7 Å². The van der Waals surface area contributed by atoms with Crippen LogP contribution in [0.15, 0.2) is 48.5 Å². The second-order valence-corrected chi connectivity index (χ2v) is 7.15. The van der Waals surface area contributed by atoms with E-state index in [9.17, 15) is 9.18 Å². The zero-order valence-electron chi connectivity index (χ0n) is 15.0. The average molecular weight is 358 g/mol. The number of likely N-dealkylation sites (tertiary alicyclic amines) is 1. The molecule has 2 aromatic rings. The molecule has 1 amide bonds. The van der Waals surface area contributed by atoms with Crippen LogP contribution in [0.1, 0.15) is 19.4 Å². The largest absolute Gasteiger partial charge is 0.335 e. The zero-order chi connectivity index (χ0) is 18.8. The van der Waals surface area contributed by atoms with Crippen molar-refractivity contribution in [2.45, 2.75) is 38.5 Å². The molecule has 3 nitrogen and oxygen atoms in total. The summed E-state index contributed by atoms with van der Waals surface area (Å²) in [5.74, 6) is -0.745. The summed E-state index contributed by atoms with van der Waals surface area (Å²) in [6.45, 7) is 3.52. The predicted octanol–water partition coefficient (Wildman–Crippen LogP) is 3.57. The van der Waals surface area contributed by atoms with Crippen LogP contribution in [0.4, 0.5) is 8.78 Å². The van der Waals surface area contributed by atoms with Gasteiger partial charge in [0.15, 0.2) is 0 Å². The maximum atomic E-state index is 15.1. The predicted molar refractivity (Wildman–Crippen MR) is 98.8 cm³/mol. The third-order valence-corrected chi connectivity index (χ3v) is 5.00. The van der Waals surface area contributed by atoms with Gasteiger partial charge in [0.25, 0.3) is 0 Å². The van der Waals surface area contributed by atoms with Crippen LogP contribution in [0.25, 0.3) is 11.1 Å². The second kappa shape index (κ2) is 7.54. The zero-order valence-corrected chi connectivity index (χ0v) is 15.0. The molecule has 3 atom stereocenters. The lowest BCUT2D eigenvalue weighted by atomic mass is 9.95. The molecule has 0 aliphatic carbocycles. The molecule has 1 saturated heterocycles. The van der Waals surface area contributed by atoms with E-state index >= 15 is 4.39 Å². The summed E-state index contributed by atoms with van der Waals surface area (Å²) in [6, 6.07) is 13.1. The highest BCUT2D eigenvalue weighted by Gasteiger charge is 2.43. The summed E-state index contributed by atoms with van der Waals surface area (Å²) in [4.78, 5) is 13.9. The summed E-state index contributed by atoms with van der Waals surface area (Å²) in [5.41, 5.74) is 7.73. The fraction of sp³-hybridized carbons (Fsp3) is 0.381. The number of carbonyl (C=O) groups excluding carboxylic acids is 1. The van der Waals surface area contributed by atoms with E-state index in [1.807, 2.05) is 30.3 Å². The van der Waals surface area contributed by atoms with Crippen LogP contribution >= 0.6 is 0 Å². The molecule has 5 heteroatoms. The van der Waals surface area contributed by atoms with Crippen molar-refractivity contribution in [3.8, 4) is 11.1 Å². The number of nitrogens with zero attached hydrogens (tertiary/aromatic N) is 1. The highest BCUT2D eigenvalue weighted by Crippen LogP contribution is 2.29. The van der Waals surface area contributed by atoms with Crippen LogP contribution in [0.2, 0.25) is 0 Å². The lowest BCUT2D eigenvalue weighted by molar-refractivity contribution is -0.135. The second-order valence-electron chi connectivity index (χ2n) is 7.15. The molecule has 138 valence electrons. The Morgan fingerprint density at radius 1 is 1.19 bits per heavy atom. The van der Waals surface area contributed by atoms with E-state index in [1.165, 1.54) is 4.90 Å². The summed E-state index contributed by atoms with van der Waals surface area (Å²) < 4.78 is 29.3. The molecular weight excluding hydrogens is 334 g/mol. The Bertz CT molecular complexity index is 779. The first-order chi connectivity index (χ1) is 12.4. The molecule has 0 unspecified atom stereocenters. The standard InChI is InChI=1S/C21H24F2N2O/c1-13(2)21(26)25-12-17(22)20(24)18(25)11-15-9-6-10-16(19(15)23)14-7-4-3-5-8-14/h3-10,13,17-18,20H,11-12,24H2,1-2H3/t17-,18-,20-/m0/s1. The lowest BCUT2D eigenvalue weighted by Gasteiger charge is -2.28. The first-order valence-corrected chi connectivity index (χ1v) is 8.93. The Hall–Kier alpha value is -2.27. The molecule has 1 heterocycles. The number of benzene rings is 2. The minimum atomic E-state index is -1.29. The number of nitrogens with two attached hydrogens (primary N) is 1. The maximum absolute atomic E-state index is 15.1. The van der Waals surface area contributed by atoms with Crippen molar-refractivity contribution in [1.82, 2.24) is 4.90 Å². The number of hydrogen-bond acceptors (Lipinski definition) is 2. The van der Waals surface area contributed by atoms with E-state index in [-0.39, 0.29) is 30.6 Å². The van der Waals surface area contributed by atoms with Gasteiger partial charge in [-0.25, -0.2) is 8.78 Å². The third-order valence-electron chi connectivity index (χ3n) is 5.00. The topological polar surface area (TPSA) is 46.3 Å². The molecule has 0 spiro atoms. The van der Waals surface area contributed by atoms with Crippen molar-refractivity contribution in [2.75, 3.05) is 6.54 Å². The molecule has 2 N–H and O–H groups in total. The minimum Gasteiger partial charge on any atom is -0.335 e. The smallest absolute Gasteiger partial charge is 0.225 e. The number of amides is 1. The fourth-order valence-corrected chi connectivity index (χ4v) is 3.53. The number of hydrogen-bond donors (Lipinski definition) is 1. The third kappa shape index (κ3) is 3.49. The van der Waals surface area contributed by atoms with Crippen molar-refractivity contribution >= 4 is 5.91 Å². The number of halogens is 2. The van der Waals surface area contributed by atoms with Crippen LogP contribution in [-0.4, -0.2) is 35.6 Å². The SMILES string of the molecule is CC(C)C(=O)N1C[C@H](F)[C@H](N)[C@@H]1Cc1cccc(-c2ccccc2)c1F. The van der Waals surface area contributed by atoms with Crippen LogP contribution < -0.4 is 5.73 Å². The van der Waals surface area contributed by atoms with Crippen molar-refractivity contribution in [1.29, 1.82) is 0 Å². The van der Waals surface area contributed by atoms with Crippen LogP contribution in [-0.2, 0) is 11.2 Å². The Balaban J connectivity index is 1.91. The molecule has 1 aliphatic heterocycles. The van der Waals surface area contributed by atoms with Crippen molar-refractivity contribution in [3.63, 3.8) is 0 Å². The van der Waals surface area contributed by atoms with Crippen LogP contribution in [0.5, 0.6) is 0 Å². The Morgan fingerprint density at radius 2 is 1.88 bits per heavy atom. The minimum absolute atomic E-state index is 0.0250. The molecule has 3 rings (SSSR count). The van der Waals surface area contributed by atoms with Gasteiger partial charge < -0.3 is 10.6 Å². The highest BCUT2D eigenvalue weighted by molar-refractivity contribution is 5.79. The fourth-order valence-electron chi connectivity index (χ4n) is 3.53. The Morgan fingerprint density at radius 3 is 2.54 bits per heavy atom. The average Bonchev–Trinajstić information content (AvgIpc) is 2.91. The molecule has 2 aromatic carbocycles. The summed E-state index contributed by atoms with van der Waals surface area (Å²) in [6.07, 6.45) is -1.09. The van der Waals surface area contributed by atoms with E-state index in [0.717, 1.165) is 5.56 Å². The van der Waals surface area contributed by atoms with Gasteiger partial charge in [-0.2, -0.15) is 0 Å². The molecule has 0 bridgehead atoms. The molecular formula is C21H24F2N2O. The van der Waals surface area contributed by atoms with Gasteiger partial charge in [-0.15, -0.1) is 0 Å². The molecule has 1 fully saturated rings. The van der Waals surface area contributed by atoms with E-state index in [0.29, 0.717) is 11.1 Å². The van der Waals surface area contributed by atoms with Crippen molar-refractivity contribution in [2.24, 2.45) is 11.7 Å². The van der Waals surface area contributed by atoms with E-state index in [4.69, 9.17) is 5.73 Å². The lowest BCUT2D eigenvalue weighted by Crippen LogP contribution is -2.46. The van der Waals surface area contributed by atoms with Gasteiger partial charge >= 0.3 is 0 Å². The normalized spacial score (nSPS) is 22.8. The van der Waals surface area contributed by atoms with Crippen LogP contribution in [0.3, 0.4) is 0 Å². The van der Waals surface area contributed by atoms with Crippen molar-refractivity contribution in [3.05, 3.63) is 59.9 Å². The Kier molecular flexibility index (Phi) is 5.37. The molecule has 0 radical (unpaired) electrons. The molecule has 0 aromatic heterocycles. The van der Waals surface area contributed by atoms with Gasteiger partial charge in [-0.05, 0) is 17.5 Å². The maximum Gasteiger partial charge on any atom is 0.225 e. The first-order valence-electron chi connectivity index (χ1n) is 8.93. The summed E-state index contributed by atoms with van der Waals surface area (Å²) in [5, 5.41) is 0. The van der Waals surface area contributed by atoms with Crippen molar-refractivity contribution < 1.29 is 13.6 Å². The molecule has 1 aliphatic rings. The van der Waals surface area contributed by atoms with Gasteiger partial charge in [0.05, 0.1) is 18.6 Å². The summed E-state index contributed by atoms with van der Waals surface area (Å²) >= 11 is 0. The monoisotopic (exact) mass is 358 g/mol. The van der Waals surface area contributed by atoms with Gasteiger partial charge in [0, 0.05) is 11.5 Å². The first kappa shape index (κ1) is 18.5. The summed E-state index contributed by atoms with van der Waals surface area (Å²) in [7, 11) is 0. The van der Waals surface area contributed by atoms with Gasteiger partial charge in [0.2, 0.25) is 5.91 Å². The molecule has 26 heavy (non-hydrogen) atoms. The van der Waals surface area contributed by atoms with Gasteiger partial charge in [-0.1, -0.05) is 62.4 Å². The van der Waals surface area contributed by atoms with E-state index in [2.05, 4.69) is 0 Å². The number of rotatable bonds is 4. The number of alkyl halides is 1. The number of carbonyl (C=O) groups is 1.